The summed E-state index contributed by atoms with van der Waals surface area (Å²) in [5.41, 5.74) is 0.405. The van der Waals surface area contributed by atoms with E-state index in [1.807, 2.05) is 0 Å². The van der Waals surface area contributed by atoms with Gasteiger partial charge in [0.15, 0.2) is 0 Å². The number of nitrogens with zero attached hydrogens (tertiary/aromatic N) is 3. The number of phenolic OH excluding ortho intramolecular Hbond substituents is 1. The van der Waals surface area contributed by atoms with Crippen molar-refractivity contribution in [1.82, 2.24) is 4.98 Å². The van der Waals surface area contributed by atoms with Crippen LogP contribution in [0.2, 0.25) is 10.0 Å². The first-order valence-corrected chi connectivity index (χ1v) is 9.73. The standard InChI is InChI=1S/C17H11Cl2N3O5S/c18-10-7-14(19)17(20-9-10)27-12-3-6-16(23)15(8-12)22-21-11-1-4-13(5-2-11)28(24,25)26/h1-9,23H,(H,24,25,26). The Morgan fingerprint density at radius 2 is 1.71 bits per heavy atom. The number of rotatable bonds is 5. The third kappa shape index (κ3) is 4.96. The normalized spacial score (nSPS) is 11.7. The molecule has 0 atom stereocenters. The molecule has 11 heteroatoms. The summed E-state index contributed by atoms with van der Waals surface area (Å²) in [6.07, 6.45) is 1.38. The van der Waals surface area contributed by atoms with Gasteiger partial charge in [-0.05, 0) is 42.5 Å². The van der Waals surface area contributed by atoms with E-state index in [9.17, 15) is 13.5 Å². The third-order valence-corrected chi connectivity index (χ3v) is 4.69. The minimum absolute atomic E-state index is 0.0986. The van der Waals surface area contributed by atoms with Crippen molar-refractivity contribution in [2.75, 3.05) is 0 Å². The third-order valence-electron chi connectivity index (χ3n) is 3.34. The number of ether oxygens (including phenoxy) is 1. The molecule has 0 radical (unpaired) electrons. The van der Waals surface area contributed by atoms with E-state index in [2.05, 4.69) is 15.2 Å². The van der Waals surface area contributed by atoms with Gasteiger partial charge in [0.2, 0.25) is 5.88 Å². The molecular formula is C17H11Cl2N3O5S. The van der Waals surface area contributed by atoms with Gasteiger partial charge in [-0.1, -0.05) is 23.2 Å². The van der Waals surface area contributed by atoms with E-state index >= 15 is 0 Å². The minimum atomic E-state index is -4.29. The van der Waals surface area contributed by atoms with Gasteiger partial charge >= 0.3 is 0 Å². The maximum Gasteiger partial charge on any atom is 0.294 e. The van der Waals surface area contributed by atoms with E-state index in [1.54, 1.807) is 0 Å². The zero-order valence-electron chi connectivity index (χ0n) is 13.8. The topological polar surface area (TPSA) is 121 Å². The predicted molar refractivity (Wildman–Crippen MR) is 103 cm³/mol. The number of halogens is 2. The Bertz CT molecular complexity index is 1150. The van der Waals surface area contributed by atoms with Crippen LogP contribution >= 0.6 is 23.2 Å². The van der Waals surface area contributed by atoms with E-state index < -0.39 is 10.1 Å². The number of benzene rings is 2. The van der Waals surface area contributed by atoms with E-state index in [4.69, 9.17) is 32.5 Å². The highest BCUT2D eigenvalue weighted by Gasteiger charge is 2.10. The molecule has 0 unspecified atom stereocenters. The van der Waals surface area contributed by atoms with Crippen molar-refractivity contribution in [3.63, 3.8) is 0 Å². The summed E-state index contributed by atoms with van der Waals surface area (Å²) in [6, 6.07) is 10.8. The van der Waals surface area contributed by atoms with Crippen molar-refractivity contribution >= 4 is 44.7 Å². The summed E-state index contributed by atoms with van der Waals surface area (Å²) in [4.78, 5) is 3.71. The van der Waals surface area contributed by atoms with Gasteiger partial charge in [0.05, 0.1) is 15.6 Å². The van der Waals surface area contributed by atoms with E-state index in [1.165, 1.54) is 54.7 Å². The number of pyridine rings is 1. The van der Waals surface area contributed by atoms with Crippen LogP contribution in [-0.4, -0.2) is 23.1 Å². The largest absolute Gasteiger partial charge is 0.506 e. The molecule has 0 aliphatic carbocycles. The van der Waals surface area contributed by atoms with E-state index in [0.29, 0.717) is 16.5 Å². The Morgan fingerprint density at radius 1 is 1.00 bits per heavy atom. The lowest BCUT2D eigenvalue weighted by Crippen LogP contribution is -1.96. The molecule has 0 spiro atoms. The van der Waals surface area contributed by atoms with Crippen molar-refractivity contribution in [3.8, 4) is 17.4 Å². The first kappa shape index (κ1) is 20.0. The maximum atomic E-state index is 11.0. The fourth-order valence-corrected chi connectivity index (χ4v) is 2.93. The highest BCUT2D eigenvalue weighted by atomic mass is 35.5. The number of aromatic nitrogens is 1. The Balaban J connectivity index is 1.82. The summed E-state index contributed by atoms with van der Waals surface area (Å²) >= 11 is 11.8. The molecule has 3 aromatic rings. The van der Waals surface area contributed by atoms with Crippen molar-refractivity contribution in [2.45, 2.75) is 4.90 Å². The van der Waals surface area contributed by atoms with Crippen LogP contribution in [0.5, 0.6) is 17.4 Å². The van der Waals surface area contributed by atoms with Crippen LogP contribution in [0.1, 0.15) is 0 Å². The van der Waals surface area contributed by atoms with Gasteiger partial charge in [-0.3, -0.25) is 4.55 Å². The van der Waals surface area contributed by atoms with Gasteiger partial charge in [0.25, 0.3) is 10.1 Å². The molecule has 2 aromatic carbocycles. The smallest absolute Gasteiger partial charge is 0.294 e. The molecule has 0 amide bonds. The number of aromatic hydroxyl groups is 1. The molecule has 8 nitrogen and oxygen atoms in total. The molecule has 0 saturated heterocycles. The molecule has 28 heavy (non-hydrogen) atoms. The van der Waals surface area contributed by atoms with Gasteiger partial charge in [-0.25, -0.2) is 4.98 Å². The zero-order chi connectivity index (χ0) is 20.3. The molecule has 0 aliphatic heterocycles. The van der Waals surface area contributed by atoms with Crippen LogP contribution in [0.15, 0.2) is 69.9 Å². The Kier molecular flexibility index (Phi) is 5.80. The van der Waals surface area contributed by atoms with Gasteiger partial charge in [-0.2, -0.15) is 13.5 Å². The summed E-state index contributed by atoms with van der Waals surface area (Å²) in [5, 5.41) is 18.3. The van der Waals surface area contributed by atoms with Gasteiger partial charge < -0.3 is 9.84 Å². The molecule has 3 rings (SSSR count). The second-order valence-corrected chi connectivity index (χ2v) is 7.63. The molecule has 1 heterocycles. The summed E-state index contributed by atoms with van der Waals surface area (Å²) in [5.74, 6) is 0.270. The lowest BCUT2D eigenvalue weighted by Gasteiger charge is -2.07. The Hall–Kier alpha value is -2.72. The van der Waals surface area contributed by atoms with Crippen LogP contribution in [0.25, 0.3) is 0 Å². The average molecular weight is 440 g/mol. The lowest BCUT2D eigenvalue weighted by molar-refractivity contribution is 0.455. The van der Waals surface area contributed by atoms with Crippen LogP contribution in [0.4, 0.5) is 11.4 Å². The van der Waals surface area contributed by atoms with Crippen LogP contribution < -0.4 is 4.74 Å². The zero-order valence-corrected chi connectivity index (χ0v) is 16.1. The summed E-state index contributed by atoms with van der Waals surface area (Å²) in [7, 11) is -4.29. The molecular weight excluding hydrogens is 429 g/mol. The van der Waals surface area contributed by atoms with Crippen LogP contribution in [-0.2, 0) is 10.1 Å². The molecule has 0 fully saturated rings. The SMILES string of the molecule is O=S(=O)(O)c1ccc(N=Nc2cc(Oc3ncc(Cl)cc3Cl)ccc2O)cc1. The second kappa shape index (κ2) is 8.11. The second-order valence-electron chi connectivity index (χ2n) is 5.36. The molecule has 0 bridgehead atoms. The lowest BCUT2D eigenvalue weighted by atomic mass is 10.3. The monoisotopic (exact) mass is 439 g/mol. The van der Waals surface area contributed by atoms with Crippen molar-refractivity contribution in [1.29, 1.82) is 0 Å². The van der Waals surface area contributed by atoms with Crippen molar-refractivity contribution < 1.29 is 22.8 Å². The van der Waals surface area contributed by atoms with E-state index in [0.717, 1.165) is 0 Å². The summed E-state index contributed by atoms with van der Waals surface area (Å²) in [6.45, 7) is 0. The Morgan fingerprint density at radius 3 is 2.36 bits per heavy atom. The van der Waals surface area contributed by atoms with Crippen molar-refractivity contribution in [2.24, 2.45) is 10.2 Å². The van der Waals surface area contributed by atoms with Crippen LogP contribution in [0, 0.1) is 0 Å². The number of azo groups is 1. The quantitative estimate of drug-likeness (QED) is 0.396. The van der Waals surface area contributed by atoms with Gasteiger partial charge in [0.1, 0.15) is 22.2 Å². The van der Waals surface area contributed by atoms with E-state index in [-0.39, 0.29) is 27.2 Å². The highest BCUT2D eigenvalue weighted by molar-refractivity contribution is 7.85. The molecule has 2 N–H and O–H groups in total. The molecule has 0 saturated carbocycles. The van der Waals surface area contributed by atoms with Crippen molar-refractivity contribution in [3.05, 3.63) is 64.8 Å². The fraction of sp³-hybridized carbons (Fsp3) is 0. The predicted octanol–water partition coefficient (Wildman–Crippen LogP) is 5.55. The molecule has 144 valence electrons. The first-order chi connectivity index (χ1) is 13.2. The number of hydrogen-bond acceptors (Lipinski definition) is 7. The Labute approximate surface area is 169 Å². The van der Waals surface area contributed by atoms with Gasteiger partial charge in [0, 0.05) is 12.3 Å². The summed E-state index contributed by atoms with van der Waals surface area (Å²) < 4.78 is 36.6. The maximum absolute atomic E-state index is 11.0. The van der Waals surface area contributed by atoms with Crippen LogP contribution in [0.3, 0.4) is 0 Å². The highest BCUT2D eigenvalue weighted by Crippen LogP contribution is 2.35. The number of phenols is 1. The minimum Gasteiger partial charge on any atom is -0.506 e. The van der Waals surface area contributed by atoms with Gasteiger partial charge in [-0.15, -0.1) is 5.11 Å². The first-order valence-electron chi connectivity index (χ1n) is 7.53. The molecule has 1 aromatic heterocycles. The fourth-order valence-electron chi connectivity index (χ4n) is 2.03. The number of hydrogen-bond donors (Lipinski definition) is 2. The molecule has 0 aliphatic rings. The average Bonchev–Trinajstić information content (AvgIpc) is 2.64.